The molecule has 1 aliphatic rings. The number of hydrogen-bond acceptors (Lipinski definition) is 4. The molecule has 0 spiro atoms. The van der Waals surface area contributed by atoms with Gasteiger partial charge in [-0.15, -0.1) is 0 Å². The second-order valence-corrected chi connectivity index (χ2v) is 5.75. The van der Waals surface area contributed by atoms with Crippen LogP contribution in [0.2, 0.25) is 0 Å². The summed E-state index contributed by atoms with van der Waals surface area (Å²) in [6, 6.07) is 12.8. The molecule has 1 atom stereocenters. The lowest BCUT2D eigenvalue weighted by Gasteiger charge is -2.38. The maximum Gasteiger partial charge on any atom is 0.257 e. The van der Waals surface area contributed by atoms with Crippen LogP contribution in [0.15, 0.2) is 42.5 Å². The number of aromatic hydroxyl groups is 1. The number of phenols is 1. The quantitative estimate of drug-likeness (QED) is 0.878. The smallest absolute Gasteiger partial charge is 0.257 e. The largest absolute Gasteiger partial charge is 0.504 e. The maximum atomic E-state index is 12.9. The van der Waals surface area contributed by atoms with E-state index < -0.39 is 0 Å². The number of carbonyl (C=O) groups excluding carboxylic acids is 1. The van der Waals surface area contributed by atoms with Crippen molar-refractivity contribution < 1.29 is 14.6 Å². The summed E-state index contributed by atoms with van der Waals surface area (Å²) in [5, 5.41) is 13.4. The summed E-state index contributed by atoms with van der Waals surface area (Å²) in [5.74, 6) is 0.548. The van der Waals surface area contributed by atoms with Crippen LogP contribution in [0.3, 0.4) is 0 Å². The van der Waals surface area contributed by atoms with Crippen LogP contribution in [0.1, 0.15) is 42.4 Å². The van der Waals surface area contributed by atoms with Crippen molar-refractivity contribution in [2.75, 3.05) is 18.5 Å². The molecule has 0 saturated carbocycles. The normalized spacial score (nSPS) is 16.5. The highest BCUT2D eigenvalue weighted by Crippen LogP contribution is 2.36. The molecule has 5 nitrogen and oxygen atoms in total. The monoisotopic (exact) mass is 326 g/mol. The second-order valence-electron chi connectivity index (χ2n) is 5.75. The molecule has 126 valence electrons. The Morgan fingerprint density at radius 2 is 2.00 bits per heavy atom. The zero-order valence-electron chi connectivity index (χ0n) is 14.0. The number of rotatable bonds is 5. The van der Waals surface area contributed by atoms with Gasteiger partial charge < -0.3 is 20.1 Å². The number of phenolic OH excluding ortho intramolecular Hbond substituents is 1. The number of para-hydroxylation sites is 1. The topological polar surface area (TPSA) is 61.8 Å². The van der Waals surface area contributed by atoms with E-state index in [1.54, 1.807) is 12.1 Å². The van der Waals surface area contributed by atoms with Crippen LogP contribution in [0.4, 0.5) is 5.69 Å². The minimum absolute atomic E-state index is 0.0160. The summed E-state index contributed by atoms with van der Waals surface area (Å²) in [5.41, 5.74) is 2.39. The molecule has 1 heterocycles. The lowest BCUT2D eigenvalue weighted by molar-refractivity contribution is 0.0683. The summed E-state index contributed by atoms with van der Waals surface area (Å²) in [4.78, 5) is 14.7. The van der Waals surface area contributed by atoms with E-state index in [4.69, 9.17) is 4.74 Å². The fraction of sp³-hybridized carbons (Fsp3) is 0.316. The Morgan fingerprint density at radius 1 is 1.21 bits per heavy atom. The van der Waals surface area contributed by atoms with Crippen molar-refractivity contribution in [3.63, 3.8) is 0 Å². The summed E-state index contributed by atoms with van der Waals surface area (Å²) in [6.07, 6.45) is 0.579. The predicted octanol–water partition coefficient (Wildman–Crippen LogP) is 3.77. The Morgan fingerprint density at radius 3 is 2.75 bits per heavy atom. The number of carbonyl (C=O) groups is 1. The molecule has 2 aromatic carbocycles. The summed E-state index contributed by atoms with van der Waals surface area (Å²) >= 11 is 0. The zero-order chi connectivity index (χ0) is 17.1. The second kappa shape index (κ2) is 6.83. The third-order valence-electron chi connectivity index (χ3n) is 4.09. The molecular weight excluding hydrogens is 304 g/mol. The van der Waals surface area contributed by atoms with E-state index in [1.165, 1.54) is 0 Å². The molecule has 2 N–H and O–H groups in total. The van der Waals surface area contributed by atoms with E-state index in [0.29, 0.717) is 24.5 Å². The van der Waals surface area contributed by atoms with Gasteiger partial charge in [0.2, 0.25) is 0 Å². The number of ether oxygens (including phenoxy) is 1. The van der Waals surface area contributed by atoms with Crippen molar-refractivity contribution in [2.24, 2.45) is 0 Å². The molecule has 0 saturated heterocycles. The van der Waals surface area contributed by atoms with Gasteiger partial charge in [0.1, 0.15) is 6.17 Å². The highest BCUT2D eigenvalue weighted by atomic mass is 16.5. The molecular formula is C19H22N2O3. The average molecular weight is 326 g/mol. The highest BCUT2D eigenvalue weighted by Gasteiger charge is 2.32. The number of hydrogen-bond donors (Lipinski definition) is 2. The molecule has 3 rings (SSSR count). The van der Waals surface area contributed by atoms with Crippen LogP contribution >= 0.6 is 0 Å². The number of nitrogens with zero attached hydrogens (tertiary/aromatic N) is 1. The van der Waals surface area contributed by atoms with Crippen LogP contribution in [0.25, 0.3) is 0 Å². The number of anilines is 1. The first kappa shape index (κ1) is 16.2. The van der Waals surface area contributed by atoms with E-state index in [9.17, 15) is 9.90 Å². The Bertz CT molecular complexity index is 745. The van der Waals surface area contributed by atoms with Gasteiger partial charge in [0.15, 0.2) is 11.5 Å². The average Bonchev–Trinajstić information content (AvgIpc) is 2.59. The molecule has 24 heavy (non-hydrogen) atoms. The third kappa shape index (κ3) is 2.89. The van der Waals surface area contributed by atoms with Crippen LogP contribution in [-0.2, 0) is 0 Å². The van der Waals surface area contributed by atoms with E-state index in [0.717, 1.165) is 17.7 Å². The SMILES string of the molecule is CCCN1C(=O)c2ccccc2N[C@H]1c1ccc(O)c(OCC)c1. The Labute approximate surface area is 141 Å². The van der Waals surface area contributed by atoms with Gasteiger partial charge in [0.05, 0.1) is 12.2 Å². The maximum absolute atomic E-state index is 12.9. The van der Waals surface area contributed by atoms with Gasteiger partial charge in [-0.2, -0.15) is 0 Å². The first-order valence-corrected chi connectivity index (χ1v) is 8.28. The van der Waals surface area contributed by atoms with E-state index >= 15 is 0 Å². The van der Waals surface area contributed by atoms with Crippen LogP contribution in [-0.4, -0.2) is 29.1 Å². The number of nitrogens with one attached hydrogen (secondary N) is 1. The fourth-order valence-electron chi connectivity index (χ4n) is 3.00. The van der Waals surface area contributed by atoms with E-state index in [2.05, 4.69) is 5.32 Å². The molecule has 1 aliphatic heterocycles. The van der Waals surface area contributed by atoms with Crippen LogP contribution < -0.4 is 10.1 Å². The summed E-state index contributed by atoms with van der Waals surface area (Å²) in [7, 11) is 0. The zero-order valence-corrected chi connectivity index (χ0v) is 14.0. The van der Waals surface area contributed by atoms with Gasteiger partial charge in [0.25, 0.3) is 5.91 Å². The van der Waals surface area contributed by atoms with E-state index in [1.807, 2.05) is 49.1 Å². The predicted molar refractivity (Wildman–Crippen MR) is 93.4 cm³/mol. The first-order chi connectivity index (χ1) is 11.7. The third-order valence-corrected chi connectivity index (χ3v) is 4.09. The van der Waals surface area contributed by atoms with Crippen LogP contribution in [0, 0.1) is 0 Å². The van der Waals surface area contributed by atoms with Crippen molar-refractivity contribution in [3.8, 4) is 11.5 Å². The van der Waals surface area contributed by atoms with Gasteiger partial charge in [-0.3, -0.25) is 4.79 Å². The van der Waals surface area contributed by atoms with Crippen molar-refractivity contribution in [2.45, 2.75) is 26.4 Å². The van der Waals surface area contributed by atoms with Crippen molar-refractivity contribution in [3.05, 3.63) is 53.6 Å². The first-order valence-electron chi connectivity index (χ1n) is 8.28. The molecule has 0 aliphatic carbocycles. The summed E-state index contributed by atoms with van der Waals surface area (Å²) in [6.45, 7) is 5.03. The Kier molecular flexibility index (Phi) is 4.60. The van der Waals surface area contributed by atoms with Gasteiger partial charge >= 0.3 is 0 Å². The van der Waals surface area contributed by atoms with E-state index in [-0.39, 0.29) is 17.8 Å². The number of amides is 1. The molecule has 5 heteroatoms. The minimum Gasteiger partial charge on any atom is -0.504 e. The minimum atomic E-state index is -0.285. The molecule has 0 fully saturated rings. The Hall–Kier alpha value is -2.69. The lowest BCUT2D eigenvalue weighted by Crippen LogP contribution is -2.43. The standard InChI is InChI=1S/C19H22N2O3/c1-3-11-21-18(13-9-10-16(22)17(12-13)24-4-2)20-15-8-6-5-7-14(15)19(21)23/h5-10,12,18,20,22H,3-4,11H2,1-2H3/t18-/m1/s1. The molecule has 0 unspecified atom stereocenters. The van der Waals surface area contributed by atoms with Gasteiger partial charge in [-0.25, -0.2) is 0 Å². The van der Waals surface area contributed by atoms with Crippen LogP contribution in [0.5, 0.6) is 11.5 Å². The molecule has 1 amide bonds. The molecule has 0 radical (unpaired) electrons. The van der Waals surface area contributed by atoms with Crippen molar-refractivity contribution >= 4 is 11.6 Å². The molecule has 0 aromatic heterocycles. The van der Waals surface area contributed by atoms with Gasteiger partial charge in [0, 0.05) is 12.2 Å². The number of fused-ring (bicyclic) bond motifs is 1. The molecule has 2 aromatic rings. The number of benzene rings is 2. The van der Waals surface area contributed by atoms with Gasteiger partial charge in [-0.1, -0.05) is 25.1 Å². The van der Waals surface area contributed by atoms with Gasteiger partial charge in [-0.05, 0) is 43.2 Å². The fourth-order valence-corrected chi connectivity index (χ4v) is 3.00. The molecule has 0 bridgehead atoms. The van der Waals surface area contributed by atoms with Crippen molar-refractivity contribution in [1.29, 1.82) is 0 Å². The Balaban J connectivity index is 2.02. The summed E-state index contributed by atoms with van der Waals surface area (Å²) < 4.78 is 5.48. The van der Waals surface area contributed by atoms with Crippen molar-refractivity contribution in [1.82, 2.24) is 4.90 Å². The highest BCUT2D eigenvalue weighted by molar-refractivity contribution is 6.01. The lowest BCUT2D eigenvalue weighted by atomic mass is 10.0.